The Labute approximate surface area is 170 Å². The van der Waals surface area contributed by atoms with Crippen molar-refractivity contribution >= 4 is 24.5 Å². The van der Waals surface area contributed by atoms with Crippen LogP contribution in [-0.4, -0.2) is 31.0 Å². The number of carbonyl (C=O) groups is 2. The number of nitrogens with zero attached hydrogens (tertiary/aromatic N) is 1. The fourth-order valence-corrected chi connectivity index (χ4v) is 1.95. The summed E-state index contributed by atoms with van der Waals surface area (Å²) in [6.45, 7) is 17.8. The number of dihydropyridines is 1. The van der Waals surface area contributed by atoms with Crippen molar-refractivity contribution in [3.8, 4) is 0 Å². The summed E-state index contributed by atoms with van der Waals surface area (Å²) in [5, 5.41) is 5.50. The predicted molar refractivity (Wildman–Crippen MR) is 119 cm³/mol. The van der Waals surface area contributed by atoms with Gasteiger partial charge >= 0.3 is 0 Å². The average molecular weight is 393 g/mol. The summed E-state index contributed by atoms with van der Waals surface area (Å²) in [7, 11) is 0. The van der Waals surface area contributed by atoms with E-state index in [1.807, 2.05) is 46.8 Å². The van der Waals surface area contributed by atoms with Crippen molar-refractivity contribution in [3.05, 3.63) is 47.3 Å². The molecule has 0 spiro atoms. The molecular formula is C23H37FN2O2. The van der Waals surface area contributed by atoms with Crippen molar-refractivity contribution in [2.24, 2.45) is 10.4 Å². The second kappa shape index (κ2) is 18.0. The highest BCUT2D eigenvalue weighted by Crippen LogP contribution is 2.21. The number of hydrogen-bond donors (Lipinski definition) is 1. The number of ketones is 2. The van der Waals surface area contributed by atoms with Gasteiger partial charge in [-0.05, 0) is 51.6 Å². The SMILES string of the molecule is C=N.CC.CC.CC(=O)C1(C)C=CC=NC1.CC(=O)Cc1cccc(C)c1F. The molecule has 0 bridgehead atoms. The molecule has 0 amide bonds. The van der Waals surface area contributed by atoms with Crippen LogP contribution in [0.15, 0.2) is 35.3 Å². The summed E-state index contributed by atoms with van der Waals surface area (Å²) >= 11 is 0. The molecule has 1 atom stereocenters. The van der Waals surface area contributed by atoms with Gasteiger partial charge in [-0.1, -0.05) is 52.0 Å². The third kappa shape index (κ3) is 12.0. The Kier molecular flexibility index (Phi) is 19.4. The molecule has 0 saturated carbocycles. The van der Waals surface area contributed by atoms with E-state index in [0.717, 1.165) is 0 Å². The van der Waals surface area contributed by atoms with E-state index in [9.17, 15) is 14.0 Å². The number of allylic oxidation sites excluding steroid dienone is 1. The van der Waals surface area contributed by atoms with Crippen molar-refractivity contribution in [2.75, 3.05) is 6.54 Å². The number of aryl methyl sites for hydroxylation is 1. The lowest BCUT2D eigenvalue weighted by atomic mass is 9.85. The van der Waals surface area contributed by atoms with Gasteiger partial charge in [0.25, 0.3) is 0 Å². The van der Waals surface area contributed by atoms with E-state index >= 15 is 0 Å². The molecule has 28 heavy (non-hydrogen) atoms. The summed E-state index contributed by atoms with van der Waals surface area (Å²) in [4.78, 5) is 25.7. The van der Waals surface area contributed by atoms with Crippen LogP contribution in [0.1, 0.15) is 59.6 Å². The van der Waals surface area contributed by atoms with E-state index in [-0.39, 0.29) is 29.2 Å². The molecule has 2 rings (SSSR count). The first-order chi connectivity index (χ1) is 13.3. The number of benzene rings is 1. The van der Waals surface area contributed by atoms with Gasteiger partial charge in [-0.15, -0.1) is 0 Å². The molecule has 1 aromatic rings. The lowest BCUT2D eigenvalue weighted by molar-refractivity contribution is -0.123. The molecule has 0 aliphatic carbocycles. The highest BCUT2D eigenvalue weighted by Gasteiger charge is 2.26. The fourth-order valence-electron chi connectivity index (χ4n) is 1.95. The highest BCUT2D eigenvalue weighted by molar-refractivity contribution is 5.87. The third-order valence-electron chi connectivity index (χ3n) is 3.59. The standard InChI is InChI=1S/C10H11FO.C8H11NO.2C2H6.CH3N/c1-7-4-3-5-9(10(7)11)6-8(2)12;1-7(10)8(2)4-3-5-9-6-8;3*1-2/h3-5H,6H2,1-2H3;3-5H,6H2,1-2H3;2*1-2H3;2H,1H2. The first kappa shape index (κ1) is 30.3. The smallest absolute Gasteiger partial charge is 0.141 e. The van der Waals surface area contributed by atoms with Crippen LogP contribution >= 0.6 is 0 Å². The van der Waals surface area contributed by atoms with E-state index in [1.165, 1.54) is 6.92 Å². The van der Waals surface area contributed by atoms with Gasteiger partial charge in [0.15, 0.2) is 0 Å². The number of halogens is 1. The second-order valence-electron chi connectivity index (χ2n) is 5.75. The Morgan fingerprint density at radius 2 is 1.71 bits per heavy atom. The van der Waals surface area contributed by atoms with E-state index in [4.69, 9.17) is 5.41 Å². The van der Waals surface area contributed by atoms with E-state index < -0.39 is 0 Å². The molecule has 0 saturated heterocycles. The van der Waals surface area contributed by atoms with Crippen LogP contribution < -0.4 is 0 Å². The number of Topliss-reactive ketones (excluding diaryl/α,β-unsaturated/α-hetero) is 2. The van der Waals surface area contributed by atoms with Gasteiger partial charge < -0.3 is 5.41 Å². The Bertz CT molecular complexity index is 639. The quantitative estimate of drug-likeness (QED) is 0.660. The molecule has 1 N–H and O–H groups in total. The molecule has 5 heteroatoms. The van der Waals surface area contributed by atoms with Gasteiger partial charge in [0, 0.05) is 12.6 Å². The van der Waals surface area contributed by atoms with Gasteiger partial charge in [0.1, 0.15) is 17.4 Å². The summed E-state index contributed by atoms with van der Waals surface area (Å²) in [6.07, 6.45) is 5.64. The maximum Gasteiger partial charge on any atom is 0.141 e. The molecule has 158 valence electrons. The number of rotatable bonds is 3. The van der Waals surface area contributed by atoms with Gasteiger partial charge in [0.2, 0.25) is 0 Å². The molecular weight excluding hydrogens is 355 g/mol. The number of aliphatic imine (C=N–C) groups is 1. The largest absolute Gasteiger partial charge is 0.317 e. The Hall–Kier alpha value is -2.43. The molecule has 1 aliphatic rings. The molecule has 1 aliphatic heterocycles. The monoisotopic (exact) mass is 392 g/mol. The Morgan fingerprint density at radius 1 is 1.18 bits per heavy atom. The molecule has 1 unspecified atom stereocenters. The molecule has 1 aromatic carbocycles. The van der Waals surface area contributed by atoms with Crippen LogP contribution in [0.3, 0.4) is 0 Å². The van der Waals surface area contributed by atoms with Gasteiger partial charge in [-0.2, -0.15) is 0 Å². The summed E-state index contributed by atoms with van der Waals surface area (Å²) < 4.78 is 13.2. The van der Waals surface area contributed by atoms with E-state index in [2.05, 4.69) is 11.7 Å². The Balaban J connectivity index is -0.000000355. The molecule has 0 radical (unpaired) electrons. The van der Waals surface area contributed by atoms with Crippen molar-refractivity contribution in [2.45, 2.75) is 61.8 Å². The first-order valence-electron chi connectivity index (χ1n) is 9.54. The van der Waals surface area contributed by atoms with E-state index in [0.29, 0.717) is 17.7 Å². The highest BCUT2D eigenvalue weighted by atomic mass is 19.1. The van der Waals surface area contributed by atoms with Crippen molar-refractivity contribution in [3.63, 3.8) is 0 Å². The third-order valence-corrected chi connectivity index (χ3v) is 3.59. The minimum Gasteiger partial charge on any atom is -0.317 e. The van der Waals surface area contributed by atoms with Gasteiger partial charge in [0.05, 0.1) is 12.0 Å². The van der Waals surface area contributed by atoms with Gasteiger partial charge in [-0.3, -0.25) is 14.6 Å². The number of carbonyl (C=O) groups excluding carboxylic acids is 2. The molecule has 0 aromatic heterocycles. The normalized spacial score (nSPS) is 15.8. The topological polar surface area (TPSA) is 70.3 Å². The van der Waals surface area contributed by atoms with Crippen LogP contribution in [0.5, 0.6) is 0 Å². The van der Waals surface area contributed by atoms with Crippen LogP contribution in [-0.2, 0) is 16.0 Å². The maximum atomic E-state index is 13.2. The fraction of sp³-hybridized carbons (Fsp3) is 0.478. The average Bonchev–Trinajstić information content (AvgIpc) is 2.71. The number of nitrogens with one attached hydrogen (secondary N) is 1. The minimum absolute atomic E-state index is 0.0144. The van der Waals surface area contributed by atoms with Crippen LogP contribution in [0.2, 0.25) is 0 Å². The lowest BCUT2D eigenvalue weighted by Crippen LogP contribution is -2.27. The minimum atomic E-state index is -0.339. The molecule has 1 heterocycles. The summed E-state index contributed by atoms with van der Waals surface area (Å²) in [5.74, 6) is -0.0900. The molecule has 0 fully saturated rings. The zero-order valence-electron chi connectivity index (χ0n) is 18.7. The summed E-state index contributed by atoms with van der Waals surface area (Å²) in [5.41, 5.74) is 0.741. The van der Waals surface area contributed by atoms with Crippen molar-refractivity contribution in [1.82, 2.24) is 0 Å². The lowest BCUT2D eigenvalue weighted by Gasteiger charge is -2.21. The predicted octanol–water partition coefficient (Wildman–Crippen LogP) is 5.81. The van der Waals surface area contributed by atoms with Crippen LogP contribution in [0, 0.1) is 23.6 Å². The van der Waals surface area contributed by atoms with Crippen molar-refractivity contribution in [1.29, 1.82) is 5.41 Å². The maximum absolute atomic E-state index is 13.2. The Morgan fingerprint density at radius 3 is 2.07 bits per heavy atom. The number of hydrogen-bond acceptors (Lipinski definition) is 4. The zero-order chi connectivity index (χ0) is 22.8. The van der Waals surface area contributed by atoms with Gasteiger partial charge in [-0.25, -0.2) is 4.39 Å². The van der Waals surface area contributed by atoms with Crippen LogP contribution in [0.4, 0.5) is 4.39 Å². The van der Waals surface area contributed by atoms with Crippen LogP contribution in [0.25, 0.3) is 0 Å². The summed E-state index contributed by atoms with van der Waals surface area (Å²) in [6, 6.07) is 5.10. The first-order valence-corrected chi connectivity index (χ1v) is 9.54. The molecule has 4 nitrogen and oxygen atoms in total. The zero-order valence-corrected chi connectivity index (χ0v) is 18.7. The van der Waals surface area contributed by atoms with Crippen molar-refractivity contribution < 1.29 is 14.0 Å². The second-order valence-corrected chi connectivity index (χ2v) is 5.75. The van der Waals surface area contributed by atoms with E-state index in [1.54, 1.807) is 38.3 Å².